The second-order valence-corrected chi connectivity index (χ2v) is 5.77. The lowest BCUT2D eigenvalue weighted by Gasteiger charge is -2.11. The molecule has 3 rings (SSSR count). The molecular weight excluding hydrogens is 316 g/mol. The van der Waals surface area contributed by atoms with Crippen LogP contribution in [0, 0.1) is 6.92 Å². The van der Waals surface area contributed by atoms with Crippen molar-refractivity contribution >= 4 is 22.4 Å². The molecule has 0 aliphatic carbocycles. The number of esters is 1. The van der Waals surface area contributed by atoms with Gasteiger partial charge in [-0.05, 0) is 42.5 Å². The van der Waals surface area contributed by atoms with E-state index in [1.165, 1.54) is 0 Å². The van der Waals surface area contributed by atoms with Crippen LogP contribution in [0.15, 0.2) is 53.5 Å². The molecule has 0 atom stereocenters. The molecule has 1 aromatic heterocycles. The lowest BCUT2D eigenvalue weighted by Crippen LogP contribution is -2.17. The Morgan fingerprint density at radius 1 is 1.12 bits per heavy atom. The van der Waals surface area contributed by atoms with Crippen molar-refractivity contribution in [3.63, 3.8) is 0 Å². The first kappa shape index (κ1) is 16.8. The van der Waals surface area contributed by atoms with Crippen LogP contribution in [0.25, 0.3) is 21.9 Å². The van der Waals surface area contributed by atoms with E-state index in [0.29, 0.717) is 17.7 Å². The molecule has 0 radical (unpaired) electrons. The van der Waals surface area contributed by atoms with E-state index >= 15 is 0 Å². The monoisotopic (exact) mass is 336 g/mol. The van der Waals surface area contributed by atoms with Gasteiger partial charge in [0.2, 0.25) is 0 Å². The first-order valence-electron chi connectivity index (χ1n) is 8.21. The summed E-state index contributed by atoms with van der Waals surface area (Å²) in [6.45, 7) is 4.22. The summed E-state index contributed by atoms with van der Waals surface area (Å²) in [6.07, 6.45) is 1.75. The Bertz CT molecular complexity index is 976. The normalized spacial score (nSPS) is 10.6. The molecule has 1 heterocycles. The third-order valence-corrected chi connectivity index (χ3v) is 4.08. The number of carbonyl (C=O) groups excluding carboxylic acids is 1. The van der Waals surface area contributed by atoms with E-state index in [9.17, 15) is 9.59 Å². The number of hydrogen-bond donors (Lipinski definition) is 2. The Labute approximate surface area is 145 Å². The molecule has 0 bridgehead atoms. The number of anilines is 1. The molecule has 0 spiro atoms. The number of H-pyrrole nitrogens is 1. The van der Waals surface area contributed by atoms with E-state index in [-0.39, 0.29) is 18.1 Å². The molecule has 2 aromatic carbocycles. The summed E-state index contributed by atoms with van der Waals surface area (Å²) < 4.78 is 4.90. The molecule has 0 unspecified atom stereocenters. The average Bonchev–Trinajstić information content (AvgIpc) is 2.62. The number of hydrogen-bond acceptors (Lipinski definition) is 4. The maximum absolute atomic E-state index is 12.3. The van der Waals surface area contributed by atoms with Crippen LogP contribution >= 0.6 is 0 Å². The zero-order valence-electron chi connectivity index (χ0n) is 14.3. The molecule has 0 aliphatic rings. The van der Waals surface area contributed by atoms with Crippen LogP contribution in [0.3, 0.4) is 0 Å². The van der Waals surface area contributed by atoms with E-state index in [1.807, 2.05) is 43.3 Å². The molecule has 128 valence electrons. The number of benzene rings is 2. The zero-order chi connectivity index (χ0) is 17.8. The van der Waals surface area contributed by atoms with Gasteiger partial charge < -0.3 is 15.0 Å². The van der Waals surface area contributed by atoms with Gasteiger partial charge in [0.05, 0.1) is 6.61 Å². The van der Waals surface area contributed by atoms with E-state index < -0.39 is 0 Å². The summed E-state index contributed by atoms with van der Waals surface area (Å²) in [7, 11) is 0. The summed E-state index contributed by atoms with van der Waals surface area (Å²) in [5.74, 6) is -0.329. The predicted molar refractivity (Wildman–Crippen MR) is 99.9 cm³/mol. The molecule has 0 saturated carbocycles. The number of aromatic nitrogens is 1. The topological polar surface area (TPSA) is 71.2 Å². The summed E-state index contributed by atoms with van der Waals surface area (Å²) in [6, 6.07) is 13.6. The minimum absolute atomic E-state index is 0.0642. The highest BCUT2D eigenvalue weighted by molar-refractivity contribution is 5.98. The maximum Gasteiger partial charge on any atom is 0.325 e. The summed E-state index contributed by atoms with van der Waals surface area (Å²) in [4.78, 5) is 26.5. The maximum atomic E-state index is 12.3. The number of pyridine rings is 1. The fraction of sp³-hybridized carbons (Fsp3) is 0.200. The van der Waals surface area contributed by atoms with Crippen LogP contribution in [-0.4, -0.2) is 24.1 Å². The molecule has 2 N–H and O–H groups in total. The second-order valence-electron chi connectivity index (χ2n) is 5.77. The van der Waals surface area contributed by atoms with Gasteiger partial charge in [0, 0.05) is 22.8 Å². The Hall–Kier alpha value is -3.08. The van der Waals surface area contributed by atoms with Gasteiger partial charge in [-0.15, -0.1) is 0 Å². The Balaban J connectivity index is 2.01. The molecule has 0 fully saturated rings. The van der Waals surface area contributed by atoms with E-state index in [2.05, 4.69) is 10.3 Å². The number of fused-ring (bicyclic) bond motifs is 1. The molecule has 0 aliphatic heterocycles. The average molecular weight is 336 g/mol. The quantitative estimate of drug-likeness (QED) is 0.700. The fourth-order valence-corrected chi connectivity index (χ4v) is 2.85. The van der Waals surface area contributed by atoms with Crippen LogP contribution in [0.1, 0.15) is 12.5 Å². The SMILES string of the molecule is CCOC(=O)CNc1ccc2c(-c3ccccc3C)c[nH]c(=O)c2c1. The minimum atomic E-state index is -0.329. The van der Waals surface area contributed by atoms with Gasteiger partial charge in [0.1, 0.15) is 6.54 Å². The van der Waals surface area contributed by atoms with Crippen molar-refractivity contribution in [2.75, 3.05) is 18.5 Å². The summed E-state index contributed by atoms with van der Waals surface area (Å²) >= 11 is 0. The van der Waals surface area contributed by atoms with E-state index in [4.69, 9.17) is 4.74 Å². The van der Waals surface area contributed by atoms with Crippen molar-refractivity contribution < 1.29 is 9.53 Å². The molecule has 0 saturated heterocycles. The lowest BCUT2D eigenvalue weighted by molar-refractivity contribution is -0.140. The van der Waals surface area contributed by atoms with Gasteiger partial charge in [0.25, 0.3) is 5.56 Å². The largest absolute Gasteiger partial charge is 0.465 e. The Kier molecular flexibility index (Phi) is 4.84. The highest BCUT2D eigenvalue weighted by Gasteiger charge is 2.10. The smallest absolute Gasteiger partial charge is 0.325 e. The Morgan fingerprint density at radius 3 is 2.68 bits per heavy atom. The van der Waals surface area contributed by atoms with Crippen molar-refractivity contribution in [3.05, 3.63) is 64.6 Å². The summed E-state index contributed by atoms with van der Waals surface area (Å²) in [5, 5.41) is 4.44. The lowest BCUT2D eigenvalue weighted by atomic mass is 9.97. The van der Waals surface area contributed by atoms with Crippen LogP contribution in [-0.2, 0) is 9.53 Å². The molecule has 0 amide bonds. The number of rotatable bonds is 5. The van der Waals surface area contributed by atoms with Crippen LogP contribution in [0.2, 0.25) is 0 Å². The number of ether oxygens (including phenoxy) is 1. The van der Waals surface area contributed by atoms with Gasteiger partial charge in [-0.3, -0.25) is 9.59 Å². The third-order valence-electron chi connectivity index (χ3n) is 4.08. The van der Waals surface area contributed by atoms with Crippen LogP contribution < -0.4 is 10.9 Å². The van der Waals surface area contributed by atoms with Gasteiger partial charge >= 0.3 is 5.97 Å². The molecule has 5 heteroatoms. The fourth-order valence-electron chi connectivity index (χ4n) is 2.85. The highest BCUT2D eigenvalue weighted by atomic mass is 16.5. The Morgan fingerprint density at radius 2 is 1.92 bits per heavy atom. The highest BCUT2D eigenvalue weighted by Crippen LogP contribution is 2.29. The molecule has 5 nitrogen and oxygen atoms in total. The number of carbonyl (C=O) groups is 1. The van der Waals surface area contributed by atoms with Crippen molar-refractivity contribution in [2.24, 2.45) is 0 Å². The standard InChI is InChI=1S/C20H20N2O3/c1-3-25-19(23)12-21-14-8-9-16-17(10-14)20(24)22-11-18(16)15-7-5-4-6-13(15)2/h4-11,21H,3,12H2,1-2H3,(H,22,24). The van der Waals surface area contributed by atoms with Gasteiger partial charge in [-0.1, -0.05) is 30.3 Å². The van der Waals surface area contributed by atoms with Crippen LogP contribution in [0.4, 0.5) is 5.69 Å². The molecular formula is C20H20N2O3. The van der Waals surface area contributed by atoms with Gasteiger partial charge in [0.15, 0.2) is 0 Å². The van der Waals surface area contributed by atoms with Crippen molar-refractivity contribution in [2.45, 2.75) is 13.8 Å². The van der Waals surface area contributed by atoms with Crippen molar-refractivity contribution in [1.29, 1.82) is 0 Å². The first-order valence-corrected chi connectivity index (χ1v) is 8.21. The second kappa shape index (κ2) is 7.21. The van der Waals surface area contributed by atoms with Crippen LogP contribution in [0.5, 0.6) is 0 Å². The van der Waals surface area contributed by atoms with E-state index in [0.717, 1.165) is 22.1 Å². The number of aromatic amines is 1. The molecule has 25 heavy (non-hydrogen) atoms. The van der Waals surface area contributed by atoms with Gasteiger partial charge in [-0.2, -0.15) is 0 Å². The third kappa shape index (κ3) is 3.55. The summed E-state index contributed by atoms with van der Waals surface area (Å²) in [5.41, 5.74) is 3.74. The van der Waals surface area contributed by atoms with Crippen molar-refractivity contribution in [3.8, 4) is 11.1 Å². The van der Waals surface area contributed by atoms with Gasteiger partial charge in [-0.25, -0.2) is 0 Å². The predicted octanol–water partition coefficient (Wildman–Crippen LogP) is 3.48. The zero-order valence-corrected chi connectivity index (χ0v) is 14.3. The number of aryl methyl sites for hydroxylation is 1. The van der Waals surface area contributed by atoms with E-state index in [1.54, 1.807) is 19.2 Å². The minimum Gasteiger partial charge on any atom is -0.465 e. The first-order chi connectivity index (χ1) is 12.1. The number of nitrogens with one attached hydrogen (secondary N) is 2. The molecule has 3 aromatic rings. The van der Waals surface area contributed by atoms with Crippen molar-refractivity contribution in [1.82, 2.24) is 4.98 Å².